The number of rotatable bonds is 6. The van der Waals surface area contributed by atoms with E-state index in [2.05, 4.69) is 17.2 Å². The summed E-state index contributed by atoms with van der Waals surface area (Å²) < 4.78 is 13.6. The van der Waals surface area contributed by atoms with E-state index in [1.54, 1.807) is 12.1 Å². The van der Waals surface area contributed by atoms with E-state index >= 15 is 0 Å². The van der Waals surface area contributed by atoms with E-state index in [1.165, 1.54) is 12.1 Å². The van der Waals surface area contributed by atoms with E-state index in [9.17, 15) is 9.18 Å². The van der Waals surface area contributed by atoms with E-state index in [1.807, 2.05) is 56.4 Å². The van der Waals surface area contributed by atoms with Crippen molar-refractivity contribution in [2.24, 2.45) is 5.73 Å². The molecule has 1 amide bonds. The Bertz CT molecular complexity index is 826. The van der Waals surface area contributed by atoms with Gasteiger partial charge < -0.3 is 10.6 Å². The Labute approximate surface area is 166 Å². The van der Waals surface area contributed by atoms with Crippen LogP contribution in [0.25, 0.3) is 0 Å². The number of anilines is 1. The van der Waals surface area contributed by atoms with E-state index < -0.39 is 17.0 Å². The molecule has 28 heavy (non-hydrogen) atoms. The van der Waals surface area contributed by atoms with Crippen LogP contribution >= 0.6 is 0 Å². The summed E-state index contributed by atoms with van der Waals surface area (Å²) in [7, 11) is 4.06. The summed E-state index contributed by atoms with van der Waals surface area (Å²) in [6, 6.07) is 16.4. The minimum absolute atomic E-state index is 0.227. The van der Waals surface area contributed by atoms with Crippen molar-refractivity contribution in [2.45, 2.75) is 43.8 Å². The van der Waals surface area contributed by atoms with Crippen molar-refractivity contribution in [1.29, 1.82) is 0 Å². The first-order chi connectivity index (χ1) is 13.2. The maximum Gasteiger partial charge on any atom is 0.244 e. The predicted octanol–water partition coefficient (Wildman–Crippen LogP) is 3.02. The number of carbonyl (C=O) groups excluding carboxylic acids is 1. The number of nitrogens with zero attached hydrogens (tertiary/aromatic N) is 2. The molecule has 3 unspecified atom stereocenters. The molecule has 3 rings (SSSR count). The summed E-state index contributed by atoms with van der Waals surface area (Å²) in [5.74, 6) is -0.680. The van der Waals surface area contributed by atoms with Crippen LogP contribution in [0.4, 0.5) is 10.1 Å². The van der Waals surface area contributed by atoms with Gasteiger partial charge in [0.15, 0.2) is 0 Å². The van der Waals surface area contributed by atoms with Gasteiger partial charge in [0, 0.05) is 12.5 Å². The molecule has 0 radical (unpaired) electrons. The highest BCUT2D eigenvalue weighted by Gasteiger charge is 2.55. The molecule has 0 aromatic heterocycles. The number of nitrogens with two attached hydrogens (primary N) is 1. The summed E-state index contributed by atoms with van der Waals surface area (Å²) in [4.78, 5) is 14.7. The minimum Gasteiger partial charge on any atom is -0.368 e. The molecule has 6 heteroatoms. The third-order valence-electron chi connectivity index (χ3n) is 5.93. The van der Waals surface area contributed by atoms with Crippen LogP contribution in [-0.2, 0) is 10.3 Å². The average Bonchev–Trinajstić information content (AvgIpc) is 2.97. The summed E-state index contributed by atoms with van der Waals surface area (Å²) in [6.07, 6.45) is 1.21. The van der Waals surface area contributed by atoms with E-state index in [0.29, 0.717) is 6.42 Å². The monoisotopic (exact) mass is 384 g/mol. The molecule has 1 saturated heterocycles. The van der Waals surface area contributed by atoms with Crippen molar-refractivity contribution >= 4 is 11.6 Å². The molecule has 5 nitrogen and oxygen atoms in total. The second kappa shape index (κ2) is 7.53. The Hall–Kier alpha value is -2.44. The molecule has 1 aliphatic rings. The fourth-order valence-electron chi connectivity index (χ4n) is 4.03. The number of benzene rings is 2. The van der Waals surface area contributed by atoms with Crippen LogP contribution in [-0.4, -0.2) is 36.5 Å². The lowest BCUT2D eigenvalue weighted by Crippen LogP contribution is -2.55. The Morgan fingerprint density at radius 1 is 1.21 bits per heavy atom. The molecule has 150 valence electrons. The Morgan fingerprint density at radius 3 is 2.36 bits per heavy atom. The van der Waals surface area contributed by atoms with Crippen LogP contribution in [0.15, 0.2) is 54.6 Å². The second-order valence-electron chi connectivity index (χ2n) is 8.20. The predicted molar refractivity (Wildman–Crippen MR) is 110 cm³/mol. The molecular weight excluding hydrogens is 355 g/mol. The third kappa shape index (κ3) is 3.62. The number of hydrogen-bond donors (Lipinski definition) is 2. The zero-order valence-corrected chi connectivity index (χ0v) is 16.9. The molecule has 0 saturated carbocycles. The third-order valence-corrected chi connectivity index (χ3v) is 5.93. The zero-order chi connectivity index (χ0) is 20.5. The van der Waals surface area contributed by atoms with E-state index in [0.717, 1.165) is 17.7 Å². The van der Waals surface area contributed by atoms with Crippen molar-refractivity contribution in [3.05, 3.63) is 66.0 Å². The first-order valence-electron chi connectivity index (χ1n) is 9.53. The number of hydrogen-bond acceptors (Lipinski definition) is 4. The van der Waals surface area contributed by atoms with Crippen LogP contribution in [0.5, 0.6) is 0 Å². The molecule has 3 atom stereocenters. The van der Waals surface area contributed by atoms with Gasteiger partial charge in [-0.25, -0.2) is 9.82 Å². The average molecular weight is 384 g/mol. The highest BCUT2D eigenvalue weighted by molar-refractivity contribution is 5.89. The number of nitrogens with one attached hydrogen (secondary N) is 1. The number of halogens is 1. The highest BCUT2D eigenvalue weighted by atomic mass is 19.1. The number of primary amides is 1. The standard InChI is InChI=1S/C22H29FN4O/c1-16(26(3)4)14-22(17-10-12-18(23)13-11-17)15-21(2,20(24)28)27(25-22)19-8-6-5-7-9-19/h5-13,16,25H,14-15H2,1-4H3,(H2,24,28). The van der Waals surface area contributed by atoms with Crippen molar-refractivity contribution in [2.75, 3.05) is 19.1 Å². The molecule has 3 N–H and O–H groups in total. The first-order valence-corrected chi connectivity index (χ1v) is 9.53. The van der Waals surface area contributed by atoms with Crippen molar-refractivity contribution in [3.63, 3.8) is 0 Å². The lowest BCUT2D eigenvalue weighted by molar-refractivity contribution is -0.122. The number of amides is 1. The first kappa shape index (κ1) is 20.3. The van der Waals surface area contributed by atoms with Gasteiger partial charge in [0.05, 0.1) is 11.2 Å². The molecule has 2 aromatic rings. The highest BCUT2D eigenvalue weighted by Crippen LogP contribution is 2.45. The fraction of sp³-hybridized carbons (Fsp3) is 0.409. The van der Waals surface area contributed by atoms with Gasteiger partial charge in [-0.05, 0) is 64.2 Å². The van der Waals surface area contributed by atoms with Gasteiger partial charge in [-0.2, -0.15) is 0 Å². The van der Waals surface area contributed by atoms with Gasteiger partial charge in [-0.15, -0.1) is 0 Å². The Kier molecular flexibility index (Phi) is 5.46. The van der Waals surface area contributed by atoms with E-state index in [-0.39, 0.29) is 11.9 Å². The maximum absolute atomic E-state index is 13.6. The summed E-state index contributed by atoms with van der Waals surface area (Å²) in [6.45, 7) is 4.00. The van der Waals surface area contributed by atoms with Gasteiger partial charge >= 0.3 is 0 Å². The topological polar surface area (TPSA) is 61.6 Å². The van der Waals surface area contributed by atoms with Crippen molar-refractivity contribution < 1.29 is 9.18 Å². The molecule has 2 aromatic carbocycles. The number of hydrazine groups is 1. The molecule has 0 bridgehead atoms. The largest absolute Gasteiger partial charge is 0.368 e. The quantitative estimate of drug-likeness (QED) is 0.804. The fourth-order valence-corrected chi connectivity index (χ4v) is 4.03. The van der Waals surface area contributed by atoms with Crippen molar-refractivity contribution in [3.8, 4) is 0 Å². The molecule has 1 aliphatic heterocycles. The SMILES string of the molecule is CC(CC1(c2ccc(F)cc2)CC(C)(C(N)=O)N(c2ccccc2)N1)N(C)C. The van der Waals surface area contributed by atoms with Gasteiger partial charge in [0.1, 0.15) is 11.4 Å². The molecular formula is C22H29FN4O. The van der Waals surface area contributed by atoms with Crippen LogP contribution in [0.2, 0.25) is 0 Å². The van der Waals surface area contributed by atoms with Gasteiger partial charge in [-0.1, -0.05) is 30.3 Å². The zero-order valence-electron chi connectivity index (χ0n) is 16.9. The molecule has 1 fully saturated rings. The lowest BCUT2D eigenvalue weighted by atomic mass is 9.77. The van der Waals surface area contributed by atoms with Crippen molar-refractivity contribution in [1.82, 2.24) is 10.3 Å². The van der Waals surface area contributed by atoms with Crippen LogP contribution in [0.3, 0.4) is 0 Å². The van der Waals surface area contributed by atoms with Gasteiger partial charge in [-0.3, -0.25) is 9.80 Å². The summed E-state index contributed by atoms with van der Waals surface area (Å²) >= 11 is 0. The number of carbonyl (C=O) groups is 1. The van der Waals surface area contributed by atoms with Crippen LogP contribution < -0.4 is 16.2 Å². The van der Waals surface area contributed by atoms with Crippen LogP contribution in [0, 0.1) is 5.82 Å². The molecule has 1 heterocycles. The van der Waals surface area contributed by atoms with E-state index in [4.69, 9.17) is 5.73 Å². The molecule has 0 aliphatic carbocycles. The normalized spacial score (nSPS) is 25.9. The second-order valence-corrected chi connectivity index (χ2v) is 8.20. The summed E-state index contributed by atoms with van der Waals surface area (Å²) in [5, 5.41) is 1.88. The molecule has 0 spiro atoms. The Morgan fingerprint density at radius 2 is 1.82 bits per heavy atom. The van der Waals surface area contributed by atoms with Gasteiger partial charge in [0.2, 0.25) is 5.91 Å². The maximum atomic E-state index is 13.6. The summed E-state index contributed by atoms with van der Waals surface area (Å²) in [5.41, 5.74) is 9.80. The lowest BCUT2D eigenvalue weighted by Gasteiger charge is -2.36. The number of para-hydroxylation sites is 1. The Balaban J connectivity index is 2.11. The van der Waals surface area contributed by atoms with Gasteiger partial charge in [0.25, 0.3) is 0 Å². The van der Waals surface area contributed by atoms with Crippen LogP contribution in [0.1, 0.15) is 32.3 Å². The smallest absolute Gasteiger partial charge is 0.244 e. The minimum atomic E-state index is -0.929.